The lowest BCUT2D eigenvalue weighted by Gasteiger charge is -2.28. The molecule has 1 saturated carbocycles. The van der Waals surface area contributed by atoms with Crippen molar-refractivity contribution >= 4 is 34.1 Å². The number of rotatable bonds is 6. The number of nitrogens with one attached hydrogen (secondary N) is 1. The molecule has 1 aliphatic carbocycles. The summed E-state index contributed by atoms with van der Waals surface area (Å²) >= 11 is 1.07. The Morgan fingerprint density at radius 3 is 2.53 bits per heavy atom. The SMILES string of the molecule is O=C(CCC1CCCC1)Nc1sc2c(c1C(=O)O)CCN(C(=O)c1ccccc1C(F)(F)F)C2. The van der Waals surface area contributed by atoms with Crippen molar-refractivity contribution in [1.82, 2.24) is 4.90 Å². The van der Waals surface area contributed by atoms with Gasteiger partial charge >= 0.3 is 12.1 Å². The topological polar surface area (TPSA) is 86.7 Å². The summed E-state index contributed by atoms with van der Waals surface area (Å²) in [5.41, 5.74) is -0.902. The fourth-order valence-electron chi connectivity index (χ4n) is 4.80. The highest BCUT2D eigenvalue weighted by molar-refractivity contribution is 7.17. The van der Waals surface area contributed by atoms with E-state index in [2.05, 4.69) is 5.32 Å². The molecule has 34 heavy (non-hydrogen) atoms. The first-order valence-corrected chi connectivity index (χ1v) is 12.1. The molecule has 1 aromatic heterocycles. The molecule has 4 rings (SSSR count). The number of anilines is 1. The molecule has 182 valence electrons. The molecule has 10 heteroatoms. The zero-order chi connectivity index (χ0) is 24.5. The van der Waals surface area contributed by atoms with Crippen LogP contribution in [0.5, 0.6) is 0 Å². The van der Waals surface area contributed by atoms with Crippen LogP contribution in [-0.2, 0) is 23.9 Å². The minimum Gasteiger partial charge on any atom is -0.478 e. The maximum absolute atomic E-state index is 13.4. The summed E-state index contributed by atoms with van der Waals surface area (Å²) in [5, 5.41) is 12.7. The van der Waals surface area contributed by atoms with Gasteiger partial charge in [0.1, 0.15) is 5.00 Å². The lowest BCUT2D eigenvalue weighted by atomic mass is 10.0. The normalized spacial score (nSPS) is 16.4. The van der Waals surface area contributed by atoms with E-state index < -0.39 is 29.2 Å². The average Bonchev–Trinajstić information content (AvgIpc) is 3.43. The molecule has 2 N–H and O–H groups in total. The van der Waals surface area contributed by atoms with Gasteiger partial charge in [-0.25, -0.2) is 4.79 Å². The van der Waals surface area contributed by atoms with Crippen LogP contribution in [-0.4, -0.2) is 34.3 Å². The highest BCUT2D eigenvalue weighted by atomic mass is 32.1. The number of hydrogen-bond acceptors (Lipinski definition) is 4. The number of carbonyl (C=O) groups excluding carboxylic acids is 2. The van der Waals surface area contributed by atoms with Crippen molar-refractivity contribution in [3.8, 4) is 0 Å². The van der Waals surface area contributed by atoms with E-state index >= 15 is 0 Å². The second kappa shape index (κ2) is 9.77. The van der Waals surface area contributed by atoms with Gasteiger partial charge < -0.3 is 15.3 Å². The molecular weight excluding hydrogens is 469 g/mol. The van der Waals surface area contributed by atoms with Crippen molar-refractivity contribution in [3.05, 3.63) is 51.4 Å². The lowest BCUT2D eigenvalue weighted by molar-refractivity contribution is -0.138. The lowest BCUT2D eigenvalue weighted by Crippen LogP contribution is -2.36. The molecule has 0 unspecified atom stereocenters. The Hall–Kier alpha value is -2.88. The number of nitrogens with zero attached hydrogens (tertiary/aromatic N) is 1. The predicted octanol–water partition coefficient (Wildman–Crippen LogP) is 5.57. The van der Waals surface area contributed by atoms with Crippen molar-refractivity contribution in [2.75, 3.05) is 11.9 Å². The molecule has 1 fully saturated rings. The van der Waals surface area contributed by atoms with Crippen LogP contribution in [0.25, 0.3) is 0 Å². The Morgan fingerprint density at radius 2 is 1.85 bits per heavy atom. The third kappa shape index (κ3) is 5.11. The molecular formula is C24H25F3N2O4S. The Bertz CT molecular complexity index is 1110. The monoisotopic (exact) mass is 494 g/mol. The fraction of sp³-hybridized carbons (Fsp3) is 0.458. The van der Waals surface area contributed by atoms with Gasteiger partial charge in [0, 0.05) is 17.8 Å². The van der Waals surface area contributed by atoms with Crippen LogP contribution < -0.4 is 5.32 Å². The summed E-state index contributed by atoms with van der Waals surface area (Å²) < 4.78 is 40.1. The van der Waals surface area contributed by atoms with Crippen LogP contribution in [0.4, 0.5) is 18.2 Å². The third-order valence-corrected chi connectivity index (χ3v) is 7.66. The number of fused-ring (bicyclic) bond motifs is 1. The van der Waals surface area contributed by atoms with Crippen LogP contribution >= 0.6 is 11.3 Å². The molecule has 6 nitrogen and oxygen atoms in total. The minimum atomic E-state index is -4.66. The number of carboxylic acids is 1. The van der Waals surface area contributed by atoms with Crippen LogP contribution in [0.1, 0.15) is 75.2 Å². The Labute approximate surface area is 198 Å². The molecule has 2 aliphatic rings. The molecule has 0 saturated heterocycles. The van der Waals surface area contributed by atoms with Gasteiger partial charge in [0.15, 0.2) is 0 Å². The van der Waals surface area contributed by atoms with Crippen LogP contribution in [0.3, 0.4) is 0 Å². The van der Waals surface area contributed by atoms with Crippen molar-refractivity contribution < 1.29 is 32.7 Å². The van der Waals surface area contributed by atoms with Crippen molar-refractivity contribution in [1.29, 1.82) is 0 Å². The van der Waals surface area contributed by atoms with Gasteiger partial charge in [-0.05, 0) is 36.5 Å². The Balaban J connectivity index is 1.51. The largest absolute Gasteiger partial charge is 0.478 e. The number of carboxylic acid groups (broad SMARTS) is 1. The second-order valence-electron chi connectivity index (χ2n) is 8.77. The standard InChI is InChI=1S/C24H25F3N2O4S/c25-24(26,27)17-8-4-3-7-15(17)22(31)29-12-11-16-18(13-29)34-21(20(16)23(32)33)28-19(30)10-9-14-5-1-2-6-14/h3-4,7-8,14H,1-2,5-6,9-13H2,(H,28,30)(H,32,33). The van der Waals surface area contributed by atoms with Crippen LogP contribution in [0.2, 0.25) is 0 Å². The third-order valence-electron chi connectivity index (χ3n) is 6.53. The number of thiophene rings is 1. The van der Waals surface area contributed by atoms with E-state index in [9.17, 15) is 32.7 Å². The van der Waals surface area contributed by atoms with E-state index in [-0.39, 0.29) is 36.0 Å². The molecule has 0 atom stereocenters. The number of halogens is 3. The zero-order valence-corrected chi connectivity index (χ0v) is 19.2. The number of alkyl halides is 3. The van der Waals surface area contributed by atoms with E-state index in [1.807, 2.05) is 0 Å². The molecule has 0 radical (unpaired) electrons. The summed E-state index contributed by atoms with van der Waals surface area (Å²) in [5.74, 6) is -1.66. The molecule has 2 aromatic rings. The van der Waals surface area contributed by atoms with Gasteiger partial charge in [-0.1, -0.05) is 37.8 Å². The van der Waals surface area contributed by atoms with Crippen molar-refractivity contribution in [3.63, 3.8) is 0 Å². The summed E-state index contributed by atoms with van der Waals surface area (Å²) in [6.07, 6.45) is 1.18. The van der Waals surface area contributed by atoms with E-state index in [1.165, 1.54) is 29.9 Å². The number of benzene rings is 1. The summed E-state index contributed by atoms with van der Waals surface area (Å²) in [7, 11) is 0. The van der Waals surface area contributed by atoms with Gasteiger partial charge in [0.2, 0.25) is 5.91 Å². The van der Waals surface area contributed by atoms with Crippen LogP contribution in [0.15, 0.2) is 24.3 Å². The second-order valence-corrected chi connectivity index (χ2v) is 9.88. The zero-order valence-electron chi connectivity index (χ0n) is 18.4. The smallest absolute Gasteiger partial charge is 0.417 e. The fourth-order valence-corrected chi connectivity index (χ4v) is 6.07. The molecule has 2 heterocycles. The van der Waals surface area contributed by atoms with Gasteiger partial charge in [-0.3, -0.25) is 9.59 Å². The highest BCUT2D eigenvalue weighted by Gasteiger charge is 2.37. The highest BCUT2D eigenvalue weighted by Crippen LogP contribution is 2.39. The summed E-state index contributed by atoms with van der Waals surface area (Å²) in [4.78, 5) is 39.2. The van der Waals surface area contributed by atoms with Crippen LogP contribution in [0, 0.1) is 5.92 Å². The minimum absolute atomic E-state index is 0.0107. The predicted molar refractivity (Wildman–Crippen MR) is 121 cm³/mol. The molecule has 0 bridgehead atoms. The Kier molecular flexibility index (Phi) is 6.97. The number of hydrogen-bond donors (Lipinski definition) is 2. The van der Waals surface area contributed by atoms with E-state index in [1.54, 1.807) is 0 Å². The first-order valence-electron chi connectivity index (χ1n) is 11.3. The maximum atomic E-state index is 13.4. The van der Waals surface area contributed by atoms with Gasteiger partial charge in [0.05, 0.1) is 23.2 Å². The molecule has 0 spiro atoms. The summed E-state index contributed by atoms with van der Waals surface area (Å²) in [6, 6.07) is 4.63. The molecule has 1 aromatic carbocycles. The number of aromatic carboxylic acids is 1. The van der Waals surface area contributed by atoms with Crippen molar-refractivity contribution in [2.45, 2.75) is 57.7 Å². The van der Waals surface area contributed by atoms with E-state index in [4.69, 9.17) is 0 Å². The summed E-state index contributed by atoms with van der Waals surface area (Å²) in [6.45, 7) is 0.0767. The maximum Gasteiger partial charge on any atom is 0.417 e. The molecule has 2 amide bonds. The number of carbonyl (C=O) groups is 3. The average molecular weight is 495 g/mol. The number of amides is 2. The Morgan fingerprint density at radius 1 is 1.15 bits per heavy atom. The molecule has 1 aliphatic heterocycles. The van der Waals surface area contributed by atoms with Gasteiger partial charge in [0.25, 0.3) is 5.91 Å². The van der Waals surface area contributed by atoms with Crippen molar-refractivity contribution in [2.24, 2.45) is 5.92 Å². The van der Waals surface area contributed by atoms with E-state index in [0.29, 0.717) is 22.8 Å². The van der Waals surface area contributed by atoms with Gasteiger partial charge in [-0.15, -0.1) is 11.3 Å². The van der Waals surface area contributed by atoms with Gasteiger partial charge in [-0.2, -0.15) is 13.2 Å². The quantitative estimate of drug-likeness (QED) is 0.550. The van der Waals surface area contributed by atoms with E-state index in [0.717, 1.165) is 42.7 Å². The first kappa shape index (κ1) is 24.3. The first-order chi connectivity index (χ1) is 16.1.